The van der Waals surface area contributed by atoms with Crippen LogP contribution < -0.4 is 10.9 Å². The van der Waals surface area contributed by atoms with E-state index in [-0.39, 0.29) is 17.9 Å². The monoisotopic (exact) mass is 521 g/mol. The summed E-state index contributed by atoms with van der Waals surface area (Å²) in [5.41, 5.74) is 1.57. The van der Waals surface area contributed by atoms with Crippen LogP contribution >= 0.6 is 34.5 Å². The van der Waals surface area contributed by atoms with Gasteiger partial charge >= 0.3 is 0 Å². The molecule has 0 fully saturated rings. The number of pyridine rings is 1. The number of carbonyl (C=O) groups is 1. The molecule has 2 heterocycles. The fraction of sp³-hybridized carbons (Fsp3) is 0.0385. The number of carbonyl (C=O) groups excluding carboxylic acids is 1. The number of allylic oxidation sites excluding steroid dienone is 1. The Morgan fingerprint density at radius 2 is 1.89 bits per heavy atom. The molecule has 0 aliphatic carbocycles. The van der Waals surface area contributed by atoms with E-state index in [1.807, 2.05) is 6.07 Å². The van der Waals surface area contributed by atoms with Gasteiger partial charge < -0.3 is 15.0 Å². The van der Waals surface area contributed by atoms with E-state index >= 15 is 0 Å². The molecule has 0 saturated carbocycles. The van der Waals surface area contributed by atoms with Gasteiger partial charge in [0.2, 0.25) is 0 Å². The molecule has 0 aliphatic rings. The number of nitrogens with one attached hydrogen (secondary N) is 1. The number of benzene rings is 3. The van der Waals surface area contributed by atoms with E-state index in [0.717, 1.165) is 15.3 Å². The maximum atomic E-state index is 13.1. The minimum absolute atomic E-state index is 0.200. The summed E-state index contributed by atoms with van der Waals surface area (Å²) in [5.74, 6) is -1.06. The number of nitrogens with zero attached hydrogens (tertiary/aromatic N) is 2. The number of amides is 1. The molecule has 35 heavy (non-hydrogen) atoms. The van der Waals surface area contributed by atoms with Crippen LogP contribution in [-0.2, 0) is 6.54 Å². The summed E-state index contributed by atoms with van der Waals surface area (Å²) in [4.78, 5) is 30.7. The molecule has 0 saturated heterocycles. The van der Waals surface area contributed by atoms with E-state index in [2.05, 4.69) is 16.9 Å². The van der Waals surface area contributed by atoms with Gasteiger partial charge in [0.1, 0.15) is 21.8 Å². The Morgan fingerprint density at radius 3 is 2.63 bits per heavy atom. The van der Waals surface area contributed by atoms with Crippen molar-refractivity contribution in [3.8, 4) is 16.3 Å². The molecule has 2 aromatic heterocycles. The lowest BCUT2D eigenvalue weighted by Gasteiger charge is -2.14. The first-order valence-electron chi connectivity index (χ1n) is 10.5. The first-order valence-corrected chi connectivity index (χ1v) is 12.1. The SMILES string of the molecule is C=CCn1c(=O)c(C(=O)Nc2ccc(-c3nc4c(Cl)cc(Cl)cc4s3)cc2)c(O)c2ccccc21. The van der Waals surface area contributed by atoms with Gasteiger partial charge in [0.05, 0.1) is 15.2 Å². The first kappa shape index (κ1) is 23.1. The van der Waals surface area contributed by atoms with Gasteiger partial charge in [-0.1, -0.05) is 41.4 Å². The van der Waals surface area contributed by atoms with Crippen LogP contribution in [-0.4, -0.2) is 20.6 Å². The third-order valence-corrected chi connectivity index (χ3v) is 7.05. The molecule has 5 rings (SSSR count). The van der Waals surface area contributed by atoms with Gasteiger partial charge in [-0.3, -0.25) is 9.59 Å². The van der Waals surface area contributed by atoms with E-state index < -0.39 is 11.5 Å². The molecule has 2 N–H and O–H groups in total. The third-order valence-electron chi connectivity index (χ3n) is 5.49. The maximum Gasteiger partial charge on any atom is 0.268 e. The Morgan fingerprint density at radius 1 is 1.14 bits per heavy atom. The van der Waals surface area contributed by atoms with E-state index in [1.165, 1.54) is 15.9 Å². The van der Waals surface area contributed by atoms with Crippen LogP contribution in [0.15, 0.2) is 78.1 Å². The highest BCUT2D eigenvalue weighted by molar-refractivity contribution is 7.21. The molecule has 0 spiro atoms. The van der Waals surface area contributed by atoms with Gasteiger partial charge in [0.15, 0.2) is 0 Å². The summed E-state index contributed by atoms with van der Waals surface area (Å²) in [6.45, 7) is 3.88. The molecule has 174 valence electrons. The zero-order chi connectivity index (χ0) is 24.7. The van der Waals surface area contributed by atoms with Gasteiger partial charge in [0, 0.05) is 28.2 Å². The molecular formula is C26H17Cl2N3O3S. The van der Waals surface area contributed by atoms with E-state index in [1.54, 1.807) is 60.7 Å². The predicted octanol–water partition coefficient (Wildman–Crippen LogP) is 6.73. The second-order valence-corrected chi connectivity index (χ2v) is 9.60. The highest BCUT2D eigenvalue weighted by Gasteiger charge is 2.22. The van der Waals surface area contributed by atoms with Gasteiger partial charge in [-0.05, 0) is 48.5 Å². The number of thiazole rings is 1. The van der Waals surface area contributed by atoms with Crippen LogP contribution in [0.25, 0.3) is 31.7 Å². The van der Waals surface area contributed by atoms with Gasteiger partial charge in [0.25, 0.3) is 11.5 Å². The fourth-order valence-corrected chi connectivity index (χ4v) is 5.57. The standard InChI is InChI=1S/C26H17Cl2N3O3S/c1-2-11-31-19-6-4-3-5-17(19)23(32)21(26(31)34)24(33)29-16-9-7-14(8-10-16)25-30-22-18(28)12-15(27)13-20(22)35-25/h2-10,12-13,32H,1,11H2,(H,29,33). The van der Waals surface area contributed by atoms with Crippen LogP contribution in [0.1, 0.15) is 10.4 Å². The van der Waals surface area contributed by atoms with Crippen molar-refractivity contribution in [3.05, 3.63) is 99.3 Å². The molecule has 3 aromatic carbocycles. The van der Waals surface area contributed by atoms with Crippen molar-refractivity contribution in [1.82, 2.24) is 9.55 Å². The largest absolute Gasteiger partial charge is 0.506 e. The van der Waals surface area contributed by atoms with Crippen molar-refractivity contribution in [2.75, 3.05) is 5.32 Å². The lowest BCUT2D eigenvalue weighted by atomic mass is 10.1. The van der Waals surface area contributed by atoms with Crippen LogP contribution in [0.5, 0.6) is 5.75 Å². The number of para-hydroxylation sites is 1. The summed E-state index contributed by atoms with van der Waals surface area (Å²) >= 11 is 13.8. The number of hydrogen-bond acceptors (Lipinski definition) is 5. The molecule has 1 amide bonds. The Hall–Kier alpha value is -3.65. The summed E-state index contributed by atoms with van der Waals surface area (Å²) < 4.78 is 2.28. The van der Waals surface area contributed by atoms with Crippen LogP contribution in [0.3, 0.4) is 0 Å². The number of anilines is 1. The molecule has 0 atom stereocenters. The zero-order valence-corrected chi connectivity index (χ0v) is 20.4. The molecule has 0 bridgehead atoms. The van der Waals surface area contributed by atoms with Gasteiger partial charge in [-0.15, -0.1) is 17.9 Å². The minimum atomic E-state index is -0.703. The van der Waals surface area contributed by atoms with Crippen molar-refractivity contribution >= 4 is 67.3 Å². The van der Waals surface area contributed by atoms with E-state index in [0.29, 0.717) is 32.2 Å². The van der Waals surface area contributed by atoms with Crippen molar-refractivity contribution < 1.29 is 9.90 Å². The van der Waals surface area contributed by atoms with Crippen molar-refractivity contribution in [2.24, 2.45) is 0 Å². The van der Waals surface area contributed by atoms with Crippen molar-refractivity contribution in [3.63, 3.8) is 0 Å². The average molecular weight is 522 g/mol. The van der Waals surface area contributed by atoms with Crippen molar-refractivity contribution in [1.29, 1.82) is 0 Å². The van der Waals surface area contributed by atoms with Crippen LogP contribution in [0.4, 0.5) is 5.69 Å². The average Bonchev–Trinajstić information content (AvgIpc) is 3.27. The summed E-state index contributed by atoms with van der Waals surface area (Å²) in [6, 6.07) is 17.3. The first-order chi connectivity index (χ1) is 16.9. The molecule has 9 heteroatoms. The van der Waals surface area contributed by atoms with Gasteiger partial charge in [-0.2, -0.15) is 0 Å². The number of aromatic nitrogens is 2. The van der Waals surface area contributed by atoms with Gasteiger partial charge in [-0.25, -0.2) is 4.98 Å². The number of hydrogen-bond donors (Lipinski definition) is 2. The molecule has 0 unspecified atom stereocenters. The highest BCUT2D eigenvalue weighted by atomic mass is 35.5. The van der Waals surface area contributed by atoms with E-state index in [4.69, 9.17) is 23.2 Å². The summed E-state index contributed by atoms with van der Waals surface area (Å²) in [6.07, 6.45) is 1.56. The number of aromatic hydroxyl groups is 1. The fourth-order valence-electron chi connectivity index (χ4n) is 3.87. The smallest absolute Gasteiger partial charge is 0.268 e. The second-order valence-electron chi connectivity index (χ2n) is 7.73. The third kappa shape index (κ3) is 4.18. The zero-order valence-electron chi connectivity index (χ0n) is 18.1. The summed E-state index contributed by atoms with van der Waals surface area (Å²) in [5, 5.41) is 15.6. The molecule has 0 aliphatic heterocycles. The lowest BCUT2D eigenvalue weighted by molar-refractivity contribution is 0.102. The van der Waals surface area contributed by atoms with E-state index in [9.17, 15) is 14.7 Å². The summed E-state index contributed by atoms with van der Waals surface area (Å²) in [7, 11) is 0. The Bertz CT molecular complexity index is 1690. The molecule has 5 aromatic rings. The minimum Gasteiger partial charge on any atom is -0.506 e. The second kappa shape index (κ2) is 9.19. The molecular weight excluding hydrogens is 505 g/mol. The number of fused-ring (bicyclic) bond motifs is 2. The number of rotatable bonds is 5. The topological polar surface area (TPSA) is 84.2 Å². The Balaban J connectivity index is 1.47. The normalized spacial score (nSPS) is 11.1. The molecule has 6 nitrogen and oxygen atoms in total. The molecule has 0 radical (unpaired) electrons. The van der Waals surface area contributed by atoms with Crippen LogP contribution in [0.2, 0.25) is 10.0 Å². The predicted molar refractivity (Wildman–Crippen MR) is 143 cm³/mol. The maximum absolute atomic E-state index is 13.1. The highest BCUT2D eigenvalue weighted by Crippen LogP contribution is 2.36. The number of halogens is 2. The quantitative estimate of drug-likeness (QED) is 0.251. The van der Waals surface area contributed by atoms with Crippen molar-refractivity contribution in [2.45, 2.75) is 6.54 Å². The van der Waals surface area contributed by atoms with Crippen LogP contribution in [0, 0.1) is 0 Å². The Labute approximate surface area is 213 Å². The Kier molecular flexibility index (Phi) is 6.06. The lowest BCUT2D eigenvalue weighted by Crippen LogP contribution is -2.29.